The number of carbonyl (C=O) groups excluding carboxylic acids is 2. The minimum absolute atomic E-state index is 0.0591. The van der Waals surface area contributed by atoms with Gasteiger partial charge in [0.15, 0.2) is 0 Å². The predicted molar refractivity (Wildman–Crippen MR) is 116 cm³/mol. The maximum atomic E-state index is 13.1. The largest absolute Gasteiger partial charge is 0.501 e. The summed E-state index contributed by atoms with van der Waals surface area (Å²) in [5.74, 6) is -0.891. The number of hydrogen-bond acceptors (Lipinski definition) is 7. The second kappa shape index (κ2) is 8.17. The average molecular weight is 534 g/mol. The van der Waals surface area contributed by atoms with Crippen LogP contribution in [0.5, 0.6) is 0 Å². The highest BCUT2D eigenvalue weighted by Gasteiger charge is 2.67. The van der Waals surface area contributed by atoms with Crippen molar-refractivity contribution in [3.8, 4) is 0 Å². The minimum Gasteiger partial charge on any atom is -0.322 e. The number of anilines is 2. The third-order valence-electron chi connectivity index (χ3n) is 5.75. The third-order valence-corrected chi connectivity index (χ3v) is 8.26. The normalized spacial score (nSPS) is 22.4. The van der Waals surface area contributed by atoms with Gasteiger partial charge in [0, 0.05) is 13.2 Å². The molecular weight excluding hydrogens is 515 g/mol. The molecule has 2 atom stereocenters. The molecule has 2 aromatic rings. The molecule has 35 heavy (non-hydrogen) atoms. The highest BCUT2D eigenvalue weighted by molar-refractivity contribution is 7.92. The van der Waals surface area contributed by atoms with Gasteiger partial charge in [0.1, 0.15) is 11.4 Å². The first-order chi connectivity index (χ1) is 16.2. The minimum atomic E-state index is -5.57. The van der Waals surface area contributed by atoms with E-state index < -0.39 is 47.9 Å². The molecule has 2 unspecified atom stereocenters. The van der Waals surface area contributed by atoms with Gasteiger partial charge in [-0.1, -0.05) is 0 Å². The van der Waals surface area contributed by atoms with Gasteiger partial charge in [-0.3, -0.25) is 9.52 Å². The van der Waals surface area contributed by atoms with E-state index in [9.17, 15) is 39.6 Å². The maximum absolute atomic E-state index is 13.1. The summed E-state index contributed by atoms with van der Waals surface area (Å²) < 4.78 is 88.9. The summed E-state index contributed by atoms with van der Waals surface area (Å²) in [6.07, 6.45) is 1.98. The Balaban J connectivity index is 1.50. The Bertz CT molecular complexity index is 1410. The number of hydrogen-bond donors (Lipinski definition) is 3. The first kappa shape index (κ1) is 24.9. The van der Waals surface area contributed by atoms with Gasteiger partial charge in [-0.25, -0.2) is 27.8 Å². The summed E-state index contributed by atoms with van der Waals surface area (Å²) in [5.41, 5.74) is -6.14. The van der Waals surface area contributed by atoms with Crippen LogP contribution >= 0.6 is 0 Å². The van der Waals surface area contributed by atoms with E-state index in [1.165, 1.54) is 19.3 Å². The van der Waals surface area contributed by atoms with Crippen LogP contribution in [0.3, 0.4) is 0 Å². The summed E-state index contributed by atoms with van der Waals surface area (Å²) in [4.78, 5) is 29.3. The van der Waals surface area contributed by atoms with Gasteiger partial charge in [0.05, 0.1) is 10.6 Å². The number of halogens is 3. The monoisotopic (exact) mass is 533 g/mol. The van der Waals surface area contributed by atoms with E-state index in [1.54, 1.807) is 6.07 Å². The van der Waals surface area contributed by atoms with Crippen LogP contribution < -0.4 is 19.7 Å². The Labute approximate surface area is 197 Å². The summed E-state index contributed by atoms with van der Waals surface area (Å²) in [6, 6.07) is 5.59. The van der Waals surface area contributed by atoms with Gasteiger partial charge in [0.2, 0.25) is 0 Å². The van der Waals surface area contributed by atoms with E-state index in [0.717, 1.165) is 17.0 Å². The molecule has 4 rings (SSSR count). The lowest BCUT2D eigenvalue weighted by Crippen LogP contribution is -2.35. The number of carbonyl (C=O) groups is 2. The zero-order chi connectivity index (χ0) is 25.8. The molecule has 2 fully saturated rings. The third kappa shape index (κ3) is 4.43. The number of sulfone groups is 1. The first-order valence-electron chi connectivity index (χ1n) is 9.94. The number of nitrogens with one attached hydrogen (secondary N) is 3. The molecule has 11 nitrogen and oxygen atoms in total. The SMILES string of the molecule is CNS(=O)(=O)Nc1cc(CC2CC23NC(=O)N(c2ccc(S(=O)(=O)C(F)(F)F)cc2)C3=O)ccn1. The molecule has 0 radical (unpaired) electrons. The number of rotatable bonds is 7. The molecule has 1 spiro atoms. The summed E-state index contributed by atoms with van der Waals surface area (Å²) in [7, 11) is -8.12. The van der Waals surface area contributed by atoms with E-state index in [4.69, 9.17) is 0 Å². The van der Waals surface area contributed by atoms with Crippen molar-refractivity contribution in [3.05, 3.63) is 48.2 Å². The van der Waals surface area contributed by atoms with Crippen LogP contribution in [0.2, 0.25) is 0 Å². The number of aromatic nitrogens is 1. The molecule has 1 saturated heterocycles. The van der Waals surface area contributed by atoms with Crippen LogP contribution in [0.4, 0.5) is 29.5 Å². The van der Waals surface area contributed by atoms with Crippen LogP contribution in [0, 0.1) is 5.92 Å². The molecule has 1 aromatic carbocycles. The van der Waals surface area contributed by atoms with Gasteiger partial charge in [-0.05, 0) is 60.7 Å². The number of nitrogens with zero attached hydrogens (tertiary/aromatic N) is 2. The van der Waals surface area contributed by atoms with Crippen LogP contribution in [0.15, 0.2) is 47.5 Å². The van der Waals surface area contributed by atoms with Crippen LogP contribution in [0.25, 0.3) is 0 Å². The fourth-order valence-corrected chi connectivity index (χ4v) is 5.11. The molecule has 3 N–H and O–H groups in total. The smallest absolute Gasteiger partial charge is 0.322 e. The molecule has 1 saturated carbocycles. The quantitative estimate of drug-likeness (QED) is 0.453. The van der Waals surface area contributed by atoms with Crippen LogP contribution in [-0.4, -0.2) is 51.9 Å². The Kier molecular flexibility index (Phi) is 5.80. The molecule has 2 heterocycles. The fourth-order valence-electron chi connectivity index (χ4n) is 3.86. The van der Waals surface area contributed by atoms with Crippen molar-refractivity contribution < 1.29 is 39.6 Å². The molecular formula is C19H18F3N5O6S2. The van der Waals surface area contributed by atoms with Gasteiger partial charge in [-0.15, -0.1) is 0 Å². The maximum Gasteiger partial charge on any atom is 0.501 e. The second-order valence-corrected chi connectivity index (χ2v) is 11.5. The molecule has 0 bridgehead atoms. The van der Waals surface area contributed by atoms with E-state index in [2.05, 4.69) is 19.7 Å². The predicted octanol–water partition coefficient (Wildman–Crippen LogP) is 1.31. The fraction of sp³-hybridized carbons (Fsp3) is 0.316. The highest BCUT2D eigenvalue weighted by Crippen LogP contribution is 2.50. The van der Waals surface area contributed by atoms with E-state index >= 15 is 0 Å². The Morgan fingerprint density at radius 1 is 1.14 bits per heavy atom. The topological polar surface area (TPSA) is 155 Å². The Morgan fingerprint density at radius 3 is 2.40 bits per heavy atom. The molecule has 1 aliphatic heterocycles. The molecule has 3 amide bonds. The van der Waals surface area contributed by atoms with Crippen molar-refractivity contribution in [3.63, 3.8) is 0 Å². The summed E-state index contributed by atoms with van der Waals surface area (Å²) in [5, 5.41) is 2.61. The van der Waals surface area contributed by atoms with Crippen molar-refractivity contribution in [2.45, 2.75) is 28.8 Å². The number of urea groups is 1. The van der Waals surface area contributed by atoms with Crippen LogP contribution in [0.1, 0.15) is 12.0 Å². The van der Waals surface area contributed by atoms with Crippen molar-refractivity contribution in [2.24, 2.45) is 5.92 Å². The Hall–Kier alpha value is -3.24. The highest BCUT2D eigenvalue weighted by atomic mass is 32.2. The van der Waals surface area contributed by atoms with E-state index in [0.29, 0.717) is 24.1 Å². The lowest BCUT2D eigenvalue weighted by molar-refractivity contribution is -0.119. The lowest BCUT2D eigenvalue weighted by atomic mass is 10.1. The summed E-state index contributed by atoms with van der Waals surface area (Å²) in [6.45, 7) is 0. The molecule has 188 valence electrons. The molecule has 16 heteroatoms. The van der Waals surface area contributed by atoms with Crippen molar-refractivity contribution in [2.75, 3.05) is 16.7 Å². The van der Waals surface area contributed by atoms with Crippen LogP contribution in [-0.2, 0) is 31.3 Å². The summed E-state index contributed by atoms with van der Waals surface area (Å²) >= 11 is 0. The molecule has 2 aliphatic rings. The Morgan fingerprint density at radius 2 is 1.80 bits per heavy atom. The number of imide groups is 1. The van der Waals surface area contributed by atoms with Crippen molar-refractivity contribution in [1.82, 2.24) is 15.0 Å². The average Bonchev–Trinajstić information content (AvgIpc) is 3.38. The molecule has 1 aliphatic carbocycles. The number of amides is 3. The lowest BCUT2D eigenvalue weighted by Gasteiger charge is -2.14. The van der Waals surface area contributed by atoms with Crippen molar-refractivity contribution in [1.29, 1.82) is 0 Å². The number of benzene rings is 1. The van der Waals surface area contributed by atoms with E-state index in [-0.39, 0.29) is 23.8 Å². The van der Waals surface area contributed by atoms with Gasteiger partial charge in [-0.2, -0.15) is 21.6 Å². The molecule has 1 aromatic heterocycles. The van der Waals surface area contributed by atoms with Gasteiger partial charge < -0.3 is 5.32 Å². The van der Waals surface area contributed by atoms with Gasteiger partial charge in [0.25, 0.3) is 26.0 Å². The first-order valence-corrected chi connectivity index (χ1v) is 12.9. The number of alkyl halides is 3. The standard InChI is InChI=1S/C19H18F3N5O6S2/c1-23-35(32,33)26-15-9-11(6-7-24-15)8-12-10-18(12)16(28)27(17(29)25-18)13-2-4-14(5-3-13)34(30,31)19(20,21)22/h2-7,9,12,23H,8,10H2,1H3,(H,24,26)(H,25,29). The zero-order valence-corrected chi connectivity index (χ0v) is 19.5. The van der Waals surface area contributed by atoms with Gasteiger partial charge >= 0.3 is 11.5 Å². The number of pyridine rings is 1. The van der Waals surface area contributed by atoms with Crippen molar-refractivity contribution >= 4 is 43.5 Å². The second-order valence-electron chi connectivity index (χ2n) is 7.95. The zero-order valence-electron chi connectivity index (χ0n) is 17.8. The van der Waals surface area contributed by atoms with E-state index in [1.807, 2.05) is 0 Å².